The zero-order valence-corrected chi connectivity index (χ0v) is 14.0. The summed E-state index contributed by atoms with van der Waals surface area (Å²) in [6.07, 6.45) is 2.61. The Morgan fingerprint density at radius 3 is 2.76 bits per heavy atom. The van der Waals surface area contributed by atoms with Crippen LogP contribution >= 0.6 is 0 Å². The first-order valence-corrected chi connectivity index (χ1v) is 7.91. The van der Waals surface area contributed by atoms with Gasteiger partial charge in [-0.2, -0.15) is 5.10 Å². The number of aromatic nitrogens is 2. The van der Waals surface area contributed by atoms with E-state index in [2.05, 4.69) is 20.7 Å². The van der Waals surface area contributed by atoms with E-state index < -0.39 is 4.92 Å². The lowest BCUT2D eigenvalue weighted by Crippen LogP contribution is -2.41. The standard InChI is InChI=1S/C16H22N6O3/c1-17-16(18-7-8-21-11-15(10-20-21)22(24)25)19-9-14(12-23)13-5-3-2-4-6-13/h2-6,10-11,14,23H,7-9,12H2,1H3,(H2,17,18,19). The van der Waals surface area contributed by atoms with Crippen LogP contribution in [-0.2, 0) is 6.54 Å². The maximum absolute atomic E-state index is 10.6. The van der Waals surface area contributed by atoms with E-state index in [9.17, 15) is 15.2 Å². The van der Waals surface area contributed by atoms with Crippen LogP contribution in [-0.4, -0.2) is 52.5 Å². The maximum atomic E-state index is 10.6. The first kappa shape index (κ1) is 18.4. The Bertz CT molecular complexity index is 701. The number of rotatable bonds is 8. The second kappa shape index (κ2) is 9.38. The van der Waals surface area contributed by atoms with E-state index in [1.165, 1.54) is 17.1 Å². The van der Waals surface area contributed by atoms with Crippen molar-refractivity contribution >= 4 is 11.6 Å². The van der Waals surface area contributed by atoms with Crippen LogP contribution in [0.2, 0.25) is 0 Å². The van der Waals surface area contributed by atoms with Crippen molar-refractivity contribution in [2.24, 2.45) is 4.99 Å². The maximum Gasteiger partial charge on any atom is 0.306 e. The molecule has 2 aromatic rings. The van der Waals surface area contributed by atoms with Crippen LogP contribution in [0.15, 0.2) is 47.7 Å². The second-order valence-corrected chi connectivity index (χ2v) is 5.39. The van der Waals surface area contributed by atoms with Crippen LogP contribution in [0.4, 0.5) is 5.69 Å². The SMILES string of the molecule is CN=C(NCCn1cc([N+](=O)[O-])cn1)NCC(CO)c1ccccc1. The number of aliphatic hydroxyl groups is 1. The summed E-state index contributed by atoms with van der Waals surface area (Å²) in [5.41, 5.74) is 1.02. The van der Waals surface area contributed by atoms with Crippen molar-refractivity contribution in [3.63, 3.8) is 0 Å². The predicted molar refractivity (Wildman–Crippen MR) is 94.5 cm³/mol. The van der Waals surface area contributed by atoms with Gasteiger partial charge in [0.25, 0.3) is 0 Å². The van der Waals surface area contributed by atoms with Crippen molar-refractivity contribution < 1.29 is 10.0 Å². The molecule has 0 fully saturated rings. The van der Waals surface area contributed by atoms with E-state index >= 15 is 0 Å². The fourth-order valence-electron chi connectivity index (χ4n) is 2.31. The minimum atomic E-state index is -0.476. The summed E-state index contributed by atoms with van der Waals surface area (Å²) in [7, 11) is 1.66. The van der Waals surface area contributed by atoms with Crippen LogP contribution in [0.3, 0.4) is 0 Å². The molecule has 0 aliphatic rings. The Hall–Kier alpha value is -2.94. The normalized spacial score (nSPS) is 12.6. The molecule has 1 aromatic heterocycles. The molecule has 1 aromatic carbocycles. The van der Waals surface area contributed by atoms with Crippen molar-refractivity contribution in [2.75, 3.05) is 26.7 Å². The molecule has 0 amide bonds. The Kier molecular flexibility index (Phi) is 6.90. The van der Waals surface area contributed by atoms with Gasteiger partial charge < -0.3 is 15.7 Å². The summed E-state index contributed by atoms with van der Waals surface area (Å²) < 4.78 is 1.50. The zero-order chi connectivity index (χ0) is 18.1. The minimum Gasteiger partial charge on any atom is -0.396 e. The fraction of sp³-hybridized carbons (Fsp3) is 0.375. The average Bonchev–Trinajstić information content (AvgIpc) is 3.11. The Labute approximate surface area is 145 Å². The summed E-state index contributed by atoms with van der Waals surface area (Å²) in [4.78, 5) is 14.3. The summed E-state index contributed by atoms with van der Waals surface area (Å²) in [5, 5.41) is 30.4. The van der Waals surface area contributed by atoms with Gasteiger partial charge in [-0.15, -0.1) is 0 Å². The highest BCUT2D eigenvalue weighted by Crippen LogP contribution is 2.13. The lowest BCUT2D eigenvalue weighted by molar-refractivity contribution is -0.385. The molecule has 0 aliphatic carbocycles. The third-order valence-electron chi connectivity index (χ3n) is 3.69. The number of hydrogen-bond acceptors (Lipinski definition) is 5. The fourth-order valence-corrected chi connectivity index (χ4v) is 2.31. The van der Waals surface area contributed by atoms with Crippen molar-refractivity contribution in [2.45, 2.75) is 12.5 Å². The Morgan fingerprint density at radius 1 is 1.40 bits per heavy atom. The van der Waals surface area contributed by atoms with Gasteiger partial charge in [0.15, 0.2) is 5.96 Å². The van der Waals surface area contributed by atoms with E-state index in [1.807, 2.05) is 30.3 Å². The van der Waals surface area contributed by atoms with Crippen molar-refractivity contribution in [1.82, 2.24) is 20.4 Å². The Balaban J connectivity index is 1.79. The van der Waals surface area contributed by atoms with Gasteiger partial charge in [-0.3, -0.25) is 19.8 Å². The van der Waals surface area contributed by atoms with Gasteiger partial charge >= 0.3 is 5.69 Å². The second-order valence-electron chi connectivity index (χ2n) is 5.39. The summed E-state index contributed by atoms with van der Waals surface area (Å²) >= 11 is 0. The highest BCUT2D eigenvalue weighted by Gasteiger charge is 2.11. The molecule has 25 heavy (non-hydrogen) atoms. The van der Waals surface area contributed by atoms with E-state index in [-0.39, 0.29) is 18.2 Å². The molecule has 0 bridgehead atoms. The van der Waals surface area contributed by atoms with Crippen molar-refractivity contribution in [1.29, 1.82) is 0 Å². The molecule has 3 N–H and O–H groups in total. The third-order valence-corrected chi connectivity index (χ3v) is 3.69. The third kappa shape index (κ3) is 5.57. The zero-order valence-electron chi connectivity index (χ0n) is 14.0. The molecule has 0 spiro atoms. The topological polar surface area (TPSA) is 118 Å². The van der Waals surface area contributed by atoms with Gasteiger partial charge in [-0.05, 0) is 5.56 Å². The molecule has 9 nitrogen and oxygen atoms in total. The first-order valence-electron chi connectivity index (χ1n) is 7.91. The minimum absolute atomic E-state index is 0.0313. The summed E-state index contributed by atoms with van der Waals surface area (Å²) in [5.74, 6) is 0.560. The molecule has 0 saturated heterocycles. The number of guanidine groups is 1. The number of nitrogens with one attached hydrogen (secondary N) is 2. The van der Waals surface area contributed by atoms with Gasteiger partial charge in [0.1, 0.15) is 12.4 Å². The molecule has 1 atom stereocenters. The largest absolute Gasteiger partial charge is 0.396 e. The van der Waals surface area contributed by atoms with Crippen molar-refractivity contribution in [3.05, 3.63) is 58.4 Å². The van der Waals surface area contributed by atoms with E-state index in [4.69, 9.17) is 0 Å². The highest BCUT2D eigenvalue weighted by molar-refractivity contribution is 5.79. The van der Waals surface area contributed by atoms with E-state index in [0.29, 0.717) is 25.6 Å². The van der Waals surface area contributed by atoms with Gasteiger partial charge in [0.05, 0.1) is 18.1 Å². The van der Waals surface area contributed by atoms with Gasteiger partial charge in [-0.25, -0.2) is 0 Å². The number of benzene rings is 1. The van der Waals surface area contributed by atoms with Crippen LogP contribution in [0.1, 0.15) is 11.5 Å². The van der Waals surface area contributed by atoms with Crippen LogP contribution in [0.25, 0.3) is 0 Å². The average molecular weight is 346 g/mol. The number of nitrogens with zero attached hydrogens (tertiary/aromatic N) is 4. The highest BCUT2D eigenvalue weighted by atomic mass is 16.6. The quantitative estimate of drug-likeness (QED) is 0.281. The number of aliphatic hydroxyl groups excluding tert-OH is 1. The molecule has 0 saturated carbocycles. The van der Waals surface area contributed by atoms with Gasteiger partial charge in [0.2, 0.25) is 0 Å². The van der Waals surface area contributed by atoms with E-state index in [0.717, 1.165) is 5.56 Å². The summed E-state index contributed by atoms with van der Waals surface area (Å²) in [6, 6.07) is 9.76. The van der Waals surface area contributed by atoms with Gasteiger partial charge in [-0.1, -0.05) is 30.3 Å². The summed E-state index contributed by atoms with van der Waals surface area (Å²) in [6.45, 7) is 1.54. The molecule has 2 rings (SSSR count). The van der Waals surface area contributed by atoms with Gasteiger partial charge in [0, 0.05) is 26.1 Å². The molecular formula is C16H22N6O3. The molecule has 134 valence electrons. The van der Waals surface area contributed by atoms with Crippen LogP contribution in [0.5, 0.6) is 0 Å². The van der Waals surface area contributed by atoms with Crippen LogP contribution < -0.4 is 10.6 Å². The smallest absolute Gasteiger partial charge is 0.306 e. The monoisotopic (exact) mass is 346 g/mol. The Morgan fingerprint density at radius 2 is 2.16 bits per heavy atom. The van der Waals surface area contributed by atoms with E-state index in [1.54, 1.807) is 7.05 Å². The molecule has 1 unspecified atom stereocenters. The number of aliphatic imine (C=N–C) groups is 1. The molecule has 9 heteroatoms. The predicted octanol–water partition coefficient (Wildman–Crippen LogP) is 0.732. The number of hydrogen-bond donors (Lipinski definition) is 3. The number of nitro groups is 1. The first-order chi connectivity index (χ1) is 12.1. The molecule has 0 aliphatic heterocycles. The lowest BCUT2D eigenvalue weighted by atomic mass is 10.0. The lowest BCUT2D eigenvalue weighted by Gasteiger charge is -2.18. The van der Waals surface area contributed by atoms with Crippen molar-refractivity contribution in [3.8, 4) is 0 Å². The molecule has 0 radical (unpaired) electrons. The van der Waals surface area contributed by atoms with Crippen LogP contribution in [0, 0.1) is 10.1 Å². The molecule has 1 heterocycles. The molecular weight excluding hydrogens is 324 g/mol.